The fraction of sp³-hybridized carbons (Fsp3) is 1.00. The molecule has 6 heteroatoms. The molecule has 0 radical (unpaired) electrons. The van der Waals surface area contributed by atoms with E-state index < -0.39 is 17.7 Å². The lowest BCUT2D eigenvalue weighted by atomic mass is 10.2. The van der Waals surface area contributed by atoms with E-state index in [9.17, 15) is 13.2 Å². The Bertz CT molecular complexity index is 161. The van der Waals surface area contributed by atoms with E-state index in [0.29, 0.717) is 13.1 Å². The van der Waals surface area contributed by atoms with Crippen LogP contribution in [0.4, 0.5) is 13.2 Å². The topological polar surface area (TPSA) is 15.3 Å². The van der Waals surface area contributed by atoms with E-state index in [0.717, 1.165) is 0 Å². The maximum absolute atomic E-state index is 12.2. The molecule has 12 heavy (non-hydrogen) atoms. The molecule has 1 N–H and O–H groups in total. The first-order valence-electron chi connectivity index (χ1n) is 3.57. The fourth-order valence-electron chi connectivity index (χ4n) is 1.14. The SMILES string of the molecule is CN1CCNC(C(F)(F)F)C1Cl. The summed E-state index contributed by atoms with van der Waals surface area (Å²) in [7, 11) is 1.58. The molecule has 2 atom stereocenters. The highest BCUT2D eigenvalue weighted by Crippen LogP contribution is 2.27. The second-order valence-electron chi connectivity index (χ2n) is 2.83. The zero-order chi connectivity index (χ0) is 9.35. The molecule has 1 saturated heterocycles. The molecule has 1 fully saturated rings. The molecule has 2 unspecified atom stereocenters. The molecular weight excluding hydrogens is 193 g/mol. The largest absolute Gasteiger partial charge is 0.406 e. The van der Waals surface area contributed by atoms with Crippen LogP contribution in [0.25, 0.3) is 0 Å². The number of nitrogens with one attached hydrogen (secondary N) is 1. The molecule has 0 saturated carbocycles. The van der Waals surface area contributed by atoms with Crippen LogP contribution >= 0.6 is 11.6 Å². The van der Waals surface area contributed by atoms with E-state index in [-0.39, 0.29) is 0 Å². The van der Waals surface area contributed by atoms with Crippen LogP contribution in [0.2, 0.25) is 0 Å². The van der Waals surface area contributed by atoms with Crippen LogP contribution in [0.5, 0.6) is 0 Å². The van der Waals surface area contributed by atoms with Gasteiger partial charge in [0.25, 0.3) is 0 Å². The summed E-state index contributed by atoms with van der Waals surface area (Å²) in [6, 6.07) is -1.61. The first kappa shape index (κ1) is 10.1. The smallest absolute Gasteiger partial charge is 0.303 e. The van der Waals surface area contributed by atoms with E-state index in [2.05, 4.69) is 5.32 Å². The summed E-state index contributed by atoms with van der Waals surface area (Å²) in [4.78, 5) is 1.48. The quantitative estimate of drug-likeness (QED) is 0.466. The summed E-state index contributed by atoms with van der Waals surface area (Å²) in [5.74, 6) is 0. The standard InChI is InChI=1S/C6H10ClF3N2/c1-12-3-2-11-4(5(12)7)6(8,9)10/h4-5,11H,2-3H2,1H3. The average molecular weight is 203 g/mol. The minimum absolute atomic E-state index is 0.323. The van der Waals surface area contributed by atoms with E-state index >= 15 is 0 Å². The Morgan fingerprint density at radius 3 is 2.50 bits per heavy atom. The van der Waals surface area contributed by atoms with Gasteiger partial charge in [-0.1, -0.05) is 0 Å². The highest BCUT2D eigenvalue weighted by atomic mass is 35.5. The number of halogens is 4. The second-order valence-corrected chi connectivity index (χ2v) is 3.27. The molecule has 0 bridgehead atoms. The van der Waals surface area contributed by atoms with Crippen LogP contribution < -0.4 is 5.32 Å². The summed E-state index contributed by atoms with van der Waals surface area (Å²) in [5, 5.41) is 2.34. The van der Waals surface area contributed by atoms with E-state index in [1.165, 1.54) is 4.90 Å². The molecule has 2 nitrogen and oxygen atoms in total. The van der Waals surface area contributed by atoms with Crippen molar-refractivity contribution in [3.8, 4) is 0 Å². The minimum Gasteiger partial charge on any atom is -0.303 e. The molecule has 0 aromatic rings. The van der Waals surface area contributed by atoms with Crippen molar-refractivity contribution in [1.82, 2.24) is 10.2 Å². The summed E-state index contributed by atoms with van der Waals surface area (Å²) in [5.41, 5.74) is -1.00. The van der Waals surface area contributed by atoms with Gasteiger partial charge in [-0.05, 0) is 7.05 Å². The molecule has 0 aliphatic carbocycles. The molecule has 1 aliphatic heterocycles. The van der Waals surface area contributed by atoms with Crippen LogP contribution in [0.15, 0.2) is 0 Å². The highest BCUT2D eigenvalue weighted by molar-refractivity contribution is 6.20. The predicted octanol–water partition coefficient (Wildman–Crippen LogP) is 1.02. The number of hydrogen-bond acceptors (Lipinski definition) is 2. The van der Waals surface area contributed by atoms with Gasteiger partial charge in [0.15, 0.2) is 0 Å². The van der Waals surface area contributed by atoms with Gasteiger partial charge < -0.3 is 5.32 Å². The van der Waals surface area contributed by atoms with Gasteiger partial charge in [-0.25, -0.2) is 0 Å². The number of likely N-dealkylation sites (N-methyl/N-ethyl adjacent to an activating group) is 1. The zero-order valence-corrected chi connectivity index (χ0v) is 7.28. The van der Waals surface area contributed by atoms with Gasteiger partial charge in [-0.2, -0.15) is 13.2 Å². The third-order valence-corrected chi connectivity index (χ3v) is 2.46. The van der Waals surface area contributed by atoms with Crippen LogP contribution in [-0.4, -0.2) is 42.8 Å². The van der Waals surface area contributed by atoms with Gasteiger partial charge in [-0.15, -0.1) is 11.6 Å². The number of nitrogens with zero attached hydrogens (tertiary/aromatic N) is 1. The number of rotatable bonds is 0. The summed E-state index contributed by atoms with van der Waals surface area (Å²) < 4.78 is 36.6. The van der Waals surface area contributed by atoms with Gasteiger partial charge in [0.05, 0.1) is 0 Å². The lowest BCUT2D eigenvalue weighted by Gasteiger charge is -2.36. The minimum atomic E-state index is -4.26. The third-order valence-electron chi connectivity index (χ3n) is 1.88. The fourth-order valence-corrected chi connectivity index (χ4v) is 1.47. The maximum Gasteiger partial charge on any atom is 0.406 e. The summed E-state index contributed by atoms with van der Waals surface area (Å²) in [6.07, 6.45) is -4.26. The Kier molecular flexibility index (Phi) is 2.85. The number of piperazine rings is 1. The maximum atomic E-state index is 12.2. The molecule has 0 aromatic carbocycles. The predicted molar refractivity (Wildman–Crippen MR) is 40.1 cm³/mol. The van der Waals surface area contributed by atoms with Crippen molar-refractivity contribution in [2.45, 2.75) is 17.7 Å². The Morgan fingerprint density at radius 1 is 1.50 bits per heavy atom. The van der Waals surface area contributed by atoms with Gasteiger partial charge in [-0.3, -0.25) is 4.90 Å². The van der Waals surface area contributed by atoms with Crippen molar-refractivity contribution in [2.24, 2.45) is 0 Å². The van der Waals surface area contributed by atoms with E-state index in [4.69, 9.17) is 11.6 Å². The lowest BCUT2D eigenvalue weighted by Crippen LogP contribution is -2.60. The monoisotopic (exact) mass is 202 g/mol. The van der Waals surface area contributed by atoms with E-state index in [1.807, 2.05) is 0 Å². The van der Waals surface area contributed by atoms with Crippen LogP contribution in [0.3, 0.4) is 0 Å². The molecule has 1 aliphatic rings. The van der Waals surface area contributed by atoms with Crippen LogP contribution in [0.1, 0.15) is 0 Å². The van der Waals surface area contributed by atoms with Crippen molar-refractivity contribution < 1.29 is 13.2 Å². The molecule has 0 amide bonds. The van der Waals surface area contributed by atoms with Gasteiger partial charge in [0, 0.05) is 13.1 Å². The Hall–Kier alpha value is -0.0000000000000000555. The summed E-state index contributed by atoms with van der Waals surface area (Å²) >= 11 is 5.56. The van der Waals surface area contributed by atoms with Crippen molar-refractivity contribution in [3.05, 3.63) is 0 Å². The highest BCUT2D eigenvalue weighted by Gasteiger charge is 2.46. The van der Waals surface area contributed by atoms with Gasteiger partial charge in [0.2, 0.25) is 0 Å². The third kappa shape index (κ3) is 2.02. The van der Waals surface area contributed by atoms with Crippen molar-refractivity contribution in [3.63, 3.8) is 0 Å². The van der Waals surface area contributed by atoms with Crippen molar-refractivity contribution >= 4 is 11.6 Å². The number of alkyl halides is 4. The molecule has 0 spiro atoms. The Balaban J connectivity index is 2.64. The molecule has 0 aromatic heterocycles. The van der Waals surface area contributed by atoms with Crippen molar-refractivity contribution in [1.29, 1.82) is 0 Å². The van der Waals surface area contributed by atoms with Gasteiger partial charge >= 0.3 is 6.18 Å². The molecule has 72 valence electrons. The average Bonchev–Trinajstić information content (AvgIpc) is 1.92. The van der Waals surface area contributed by atoms with Crippen molar-refractivity contribution in [2.75, 3.05) is 20.1 Å². The normalized spacial score (nSPS) is 33.8. The number of hydrogen-bond donors (Lipinski definition) is 1. The van der Waals surface area contributed by atoms with Crippen LogP contribution in [-0.2, 0) is 0 Å². The second kappa shape index (κ2) is 3.40. The zero-order valence-electron chi connectivity index (χ0n) is 6.53. The lowest BCUT2D eigenvalue weighted by molar-refractivity contribution is -0.167. The first-order valence-corrected chi connectivity index (χ1v) is 4.01. The van der Waals surface area contributed by atoms with Crippen LogP contribution in [0, 0.1) is 0 Å². The summed E-state index contributed by atoms with van der Waals surface area (Å²) in [6.45, 7) is 0.866. The first-order chi connectivity index (χ1) is 5.43. The Labute approximate surface area is 73.7 Å². The van der Waals surface area contributed by atoms with Gasteiger partial charge in [0.1, 0.15) is 11.5 Å². The molecule has 1 rings (SSSR count). The molecule has 1 heterocycles. The molecular formula is C6H10ClF3N2. The Morgan fingerprint density at radius 2 is 2.08 bits per heavy atom. The van der Waals surface area contributed by atoms with E-state index in [1.54, 1.807) is 7.05 Å².